The molecule has 1 aliphatic rings. The van der Waals surface area contributed by atoms with Gasteiger partial charge in [-0.2, -0.15) is 0 Å². The van der Waals surface area contributed by atoms with Crippen LogP contribution in [0.1, 0.15) is 44.2 Å². The van der Waals surface area contributed by atoms with Crippen molar-refractivity contribution in [2.45, 2.75) is 44.7 Å². The fourth-order valence-corrected chi connectivity index (χ4v) is 3.14. The largest absolute Gasteiger partial charge is 0.317 e. The van der Waals surface area contributed by atoms with Crippen LogP contribution in [0.2, 0.25) is 0 Å². The van der Waals surface area contributed by atoms with Gasteiger partial charge in [0.15, 0.2) is 0 Å². The van der Waals surface area contributed by atoms with Crippen LogP contribution in [-0.4, -0.2) is 31.1 Å². The second-order valence-electron chi connectivity index (χ2n) is 5.45. The van der Waals surface area contributed by atoms with Crippen LogP contribution in [0.4, 0.5) is 4.39 Å². The van der Waals surface area contributed by atoms with Gasteiger partial charge in [-0.1, -0.05) is 25.1 Å². The monoisotopic (exact) mass is 264 g/mol. The molecule has 2 atom stereocenters. The highest BCUT2D eigenvalue weighted by Crippen LogP contribution is 2.29. The third-order valence-electron chi connectivity index (χ3n) is 4.26. The molecule has 0 amide bonds. The van der Waals surface area contributed by atoms with Gasteiger partial charge in [0.25, 0.3) is 0 Å². The molecule has 19 heavy (non-hydrogen) atoms. The summed E-state index contributed by atoms with van der Waals surface area (Å²) in [7, 11) is 2.15. The van der Waals surface area contributed by atoms with E-state index in [0.29, 0.717) is 6.04 Å². The number of hydrogen-bond acceptors (Lipinski definition) is 2. The molecule has 2 unspecified atom stereocenters. The first-order chi connectivity index (χ1) is 9.24. The molecule has 1 aliphatic heterocycles. The van der Waals surface area contributed by atoms with Crippen molar-refractivity contribution in [3.05, 3.63) is 35.6 Å². The van der Waals surface area contributed by atoms with Crippen molar-refractivity contribution in [3.63, 3.8) is 0 Å². The first-order valence-electron chi connectivity index (χ1n) is 7.41. The van der Waals surface area contributed by atoms with Gasteiger partial charge in [0.05, 0.1) is 0 Å². The Kier molecular flexibility index (Phi) is 5.34. The summed E-state index contributed by atoms with van der Waals surface area (Å²) in [5.74, 6) is -0.0760. The van der Waals surface area contributed by atoms with Crippen molar-refractivity contribution < 1.29 is 4.39 Å². The van der Waals surface area contributed by atoms with Crippen LogP contribution in [0, 0.1) is 5.82 Å². The Labute approximate surface area is 116 Å². The average molecular weight is 264 g/mol. The highest BCUT2D eigenvalue weighted by atomic mass is 19.1. The fraction of sp³-hybridized carbons (Fsp3) is 0.625. The number of hydrogen-bond donors (Lipinski definition) is 1. The summed E-state index contributed by atoms with van der Waals surface area (Å²) in [6, 6.07) is 7.93. The summed E-state index contributed by atoms with van der Waals surface area (Å²) < 4.78 is 14.0. The van der Waals surface area contributed by atoms with Crippen LogP contribution in [-0.2, 0) is 0 Å². The Bertz CT molecular complexity index is 386. The van der Waals surface area contributed by atoms with Crippen molar-refractivity contribution in [2.24, 2.45) is 0 Å². The summed E-state index contributed by atoms with van der Waals surface area (Å²) >= 11 is 0. The van der Waals surface area contributed by atoms with E-state index in [4.69, 9.17) is 0 Å². The quantitative estimate of drug-likeness (QED) is 0.897. The summed E-state index contributed by atoms with van der Waals surface area (Å²) in [6.45, 7) is 4.33. The highest BCUT2D eigenvalue weighted by Gasteiger charge is 2.25. The van der Waals surface area contributed by atoms with Crippen molar-refractivity contribution in [3.8, 4) is 0 Å². The van der Waals surface area contributed by atoms with Crippen molar-refractivity contribution in [2.75, 3.05) is 20.1 Å². The molecule has 1 aromatic rings. The van der Waals surface area contributed by atoms with Crippen LogP contribution in [0.3, 0.4) is 0 Å². The van der Waals surface area contributed by atoms with Gasteiger partial charge in [0.2, 0.25) is 0 Å². The van der Waals surface area contributed by atoms with E-state index in [2.05, 4.69) is 24.2 Å². The molecule has 3 heteroatoms. The lowest BCUT2D eigenvalue weighted by atomic mass is 9.98. The zero-order valence-electron chi connectivity index (χ0n) is 12.0. The molecule has 1 heterocycles. The zero-order chi connectivity index (χ0) is 13.7. The molecule has 1 N–H and O–H groups in total. The third-order valence-corrected chi connectivity index (χ3v) is 4.26. The Morgan fingerprint density at radius 1 is 1.32 bits per heavy atom. The molecular weight excluding hydrogens is 239 g/mol. The predicted octanol–water partition coefficient (Wildman–Crippen LogP) is 3.35. The average Bonchev–Trinajstić information content (AvgIpc) is 2.70. The summed E-state index contributed by atoms with van der Waals surface area (Å²) in [6.07, 6.45) is 4.51. The van der Waals surface area contributed by atoms with E-state index in [0.717, 1.165) is 31.5 Å². The van der Waals surface area contributed by atoms with Crippen molar-refractivity contribution in [1.29, 1.82) is 0 Å². The maximum absolute atomic E-state index is 14.0. The summed E-state index contributed by atoms with van der Waals surface area (Å²) in [4.78, 5) is 2.38. The maximum atomic E-state index is 14.0. The van der Waals surface area contributed by atoms with Gasteiger partial charge < -0.3 is 5.32 Å². The minimum atomic E-state index is -0.0760. The lowest BCUT2D eigenvalue weighted by Gasteiger charge is -2.34. The lowest BCUT2D eigenvalue weighted by molar-refractivity contribution is 0.153. The van der Waals surface area contributed by atoms with E-state index in [1.807, 2.05) is 12.1 Å². The molecule has 0 aliphatic carbocycles. The van der Waals surface area contributed by atoms with Gasteiger partial charge in [-0.05, 0) is 51.9 Å². The molecular formula is C16H25FN2. The van der Waals surface area contributed by atoms with E-state index in [1.54, 1.807) is 12.1 Å². The molecule has 1 aromatic carbocycles. The van der Waals surface area contributed by atoms with Crippen LogP contribution in [0.25, 0.3) is 0 Å². The number of benzene rings is 1. The molecule has 0 radical (unpaired) electrons. The van der Waals surface area contributed by atoms with Crippen LogP contribution in [0.15, 0.2) is 24.3 Å². The van der Waals surface area contributed by atoms with Gasteiger partial charge in [0, 0.05) is 17.6 Å². The molecule has 0 saturated carbocycles. The van der Waals surface area contributed by atoms with E-state index < -0.39 is 0 Å². The second-order valence-corrected chi connectivity index (χ2v) is 5.45. The van der Waals surface area contributed by atoms with Gasteiger partial charge in [0.1, 0.15) is 5.82 Å². The maximum Gasteiger partial charge on any atom is 0.127 e. The van der Waals surface area contributed by atoms with Crippen molar-refractivity contribution in [1.82, 2.24) is 10.2 Å². The lowest BCUT2D eigenvalue weighted by Crippen LogP contribution is -2.36. The molecule has 0 spiro atoms. The van der Waals surface area contributed by atoms with Crippen LogP contribution in [0.5, 0.6) is 0 Å². The number of rotatable bonds is 4. The van der Waals surface area contributed by atoms with Crippen LogP contribution >= 0.6 is 0 Å². The smallest absolute Gasteiger partial charge is 0.127 e. The molecule has 2 nitrogen and oxygen atoms in total. The van der Waals surface area contributed by atoms with Gasteiger partial charge in [-0.25, -0.2) is 4.39 Å². The predicted molar refractivity (Wildman–Crippen MR) is 77.7 cm³/mol. The normalized spacial score (nSPS) is 22.2. The van der Waals surface area contributed by atoms with Gasteiger partial charge in [-0.3, -0.25) is 4.90 Å². The second kappa shape index (κ2) is 7.01. The Balaban J connectivity index is 2.14. The van der Waals surface area contributed by atoms with E-state index >= 15 is 0 Å². The highest BCUT2D eigenvalue weighted by molar-refractivity contribution is 5.21. The van der Waals surface area contributed by atoms with E-state index in [1.165, 1.54) is 12.8 Å². The first-order valence-corrected chi connectivity index (χ1v) is 7.41. The standard InChI is InChI=1S/C16H25FN2/c1-3-16(14-8-4-5-9-15(14)17)19(2)13-7-6-11-18-12-10-13/h4-5,8-9,13,16,18H,3,6-7,10-12H2,1-2H3. The first kappa shape index (κ1) is 14.5. The summed E-state index contributed by atoms with van der Waals surface area (Å²) in [5.41, 5.74) is 0.838. The molecule has 106 valence electrons. The van der Waals surface area contributed by atoms with Gasteiger partial charge >= 0.3 is 0 Å². The van der Waals surface area contributed by atoms with E-state index in [-0.39, 0.29) is 11.9 Å². The summed E-state index contributed by atoms with van der Waals surface area (Å²) in [5, 5.41) is 3.44. The van der Waals surface area contributed by atoms with E-state index in [9.17, 15) is 4.39 Å². The zero-order valence-corrected chi connectivity index (χ0v) is 12.0. The van der Waals surface area contributed by atoms with Crippen LogP contribution < -0.4 is 5.32 Å². The molecule has 0 aromatic heterocycles. The number of nitrogens with zero attached hydrogens (tertiary/aromatic N) is 1. The Hall–Kier alpha value is -0.930. The Morgan fingerprint density at radius 3 is 2.84 bits per heavy atom. The molecule has 1 fully saturated rings. The Morgan fingerprint density at radius 2 is 2.11 bits per heavy atom. The molecule has 1 saturated heterocycles. The SMILES string of the molecule is CCC(c1ccccc1F)N(C)C1CCCNCC1. The molecule has 0 bridgehead atoms. The minimum Gasteiger partial charge on any atom is -0.317 e. The number of nitrogens with one attached hydrogen (secondary N) is 1. The molecule has 2 rings (SSSR count). The fourth-order valence-electron chi connectivity index (χ4n) is 3.14. The van der Waals surface area contributed by atoms with Crippen molar-refractivity contribution >= 4 is 0 Å². The third kappa shape index (κ3) is 3.54. The number of halogens is 1. The topological polar surface area (TPSA) is 15.3 Å². The minimum absolute atomic E-state index is 0.0760. The van der Waals surface area contributed by atoms with Gasteiger partial charge in [-0.15, -0.1) is 0 Å².